The Kier molecular flexibility index (Phi) is 6.65. The summed E-state index contributed by atoms with van der Waals surface area (Å²) in [7, 11) is -1.60. The van der Waals surface area contributed by atoms with E-state index in [2.05, 4.69) is 0 Å². The van der Waals surface area contributed by atoms with Gasteiger partial charge in [0, 0.05) is 17.7 Å². The summed E-state index contributed by atoms with van der Waals surface area (Å²) in [6, 6.07) is 16.2. The van der Waals surface area contributed by atoms with Crippen molar-refractivity contribution >= 4 is 21.8 Å². The summed E-state index contributed by atoms with van der Waals surface area (Å²) >= 11 is 0. The van der Waals surface area contributed by atoms with Crippen LogP contribution in [0.1, 0.15) is 17.7 Å². The third kappa shape index (κ3) is 5.70. The molecule has 1 unspecified atom stereocenters. The van der Waals surface area contributed by atoms with Gasteiger partial charge < -0.3 is 14.1 Å². The molecule has 2 aromatic carbocycles. The van der Waals surface area contributed by atoms with Crippen molar-refractivity contribution in [3.8, 4) is 17.1 Å². The second-order valence-corrected chi connectivity index (χ2v) is 10.1. The number of carbonyl (C=O) groups excluding carboxylic acids is 1. The number of benzene rings is 2. The number of amides is 1. The smallest absolute Gasteiger partial charge is 0.247 e. The highest BCUT2D eigenvalue weighted by Gasteiger charge is 2.34. The summed E-state index contributed by atoms with van der Waals surface area (Å²) in [6.07, 6.45) is 3.51. The predicted octanol–water partition coefficient (Wildman–Crippen LogP) is 4.32. The van der Waals surface area contributed by atoms with Gasteiger partial charge in [-0.15, -0.1) is 0 Å². The van der Waals surface area contributed by atoms with Crippen molar-refractivity contribution in [2.45, 2.75) is 19.0 Å². The topological polar surface area (TPSA) is 76.8 Å². The van der Waals surface area contributed by atoms with Gasteiger partial charge in [-0.25, -0.2) is 12.8 Å². The highest BCUT2D eigenvalue weighted by molar-refractivity contribution is 7.91. The lowest BCUT2D eigenvalue weighted by Gasteiger charge is -2.26. The number of ether oxygens (including phenoxy) is 1. The molecule has 1 amide bonds. The molecule has 2 heterocycles. The van der Waals surface area contributed by atoms with Crippen molar-refractivity contribution in [1.29, 1.82) is 0 Å². The van der Waals surface area contributed by atoms with E-state index in [1.165, 1.54) is 23.1 Å². The summed E-state index contributed by atoms with van der Waals surface area (Å²) in [5.41, 5.74) is 1.53. The molecule has 0 radical (unpaired) electrons. The maximum absolute atomic E-state index is 13.2. The van der Waals surface area contributed by atoms with Gasteiger partial charge in [-0.3, -0.25) is 4.79 Å². The lowest BCUT2D eigenvalue weighted by Crippen LogP contribution is -2.39. The van der Waals surface area contributed by atoms with E-state index in [1.54, 1.807) is 49.6 Å². The first kappa shape index (κ1) is 22.8. The molecule has 0 spiro atoms. The molecule has 172 valence electrons. The van der Waals surface area contributed by atoms with E-state index in [0.29, 0.717) is 29.3 Å². The molecule has 1 aliphatic heterocycles. The molecule has 0 saturated carbocycles. The monoisotopic (exact) mass is 469 g/mol. The summed E-state index contributed by atoms with van der Waals surface area (Å²) in [6.45, 7) is 0.132. The Morgan fingerprint density at radius 3 is 2.48 bits per heavy atom. The van der Waals surface area contributed by atoms with Crippen molar-refractivity contribution in [2.24, 2.45) is 0 Å². The SMILES string of the molecule is COc1ccc(C=CC(=O)N(Cc2ccc(-c3ccc(F)cc3)o2)C2CCS(=O)(=O)C2)cc1. The highest BCUT2D eigenvalue weighted by atomic mass is 32.2. The van der Waals surface area contributed by atoms with Crippen molar-refractivity contribution in [3.63, 3.8) is 0 Å². The van der Waals surface area contributed by atoms with Crippen LogP contribution in [0, 0.1) is 5.82 Å². The fourth-order valence-corrected chi connectivity index (χ4v) is 5.52. The summed E-state index contributed by atoms with van der Waals surface area (Å²) in [5, 5.41) is 0. The largest absolute Gasteiger partial charge is 0.497 e. The molecule has 0 bridgehead atoms. The van der Waals surface area contributed by atoms with E-state index in [9.17, 15) is 17.6 Å². The maximum Gasteiger partial charge on any atom is 0.247 e. The molecule has 1 aromatic heterocycles. The number of hydrogen-bond donors (Lipinski definition) is 0. The molecular weight excluding hydrogens is 445 g/mol. The zero-order valence-corrected chi connectivity index (χ0v) is 18.9. The molecule has 0 aliphatic carbocycles. The molecule has 4 rings (SSSR count). The Balaban J connectivity index is 1.54. The van der Waals surface area contributed by atoms with E-state index in [-0.39, 0.29) is 29.8 Å². The summed E-state index contributed by atoms with van der Waals surface area (Å²) in [5.74, 6) is 1.13. The third-order valence-corrected chi connectivity index (χ3v) is 7.33. The average Bonchev–Trinajstić information content (AvgIpc) is 3.42. The minimum Gasteiger partial charge on any atom is -0.497 e. The zero-order chi connectivity index (χ0) is 23.4. The first-order valence-electron chi connectivity index (χ1n) is 10.5. The Morgan fingerprint density at radius 1 is 1.12 bits per heavy atom. The van der Waals surface area contributed by atoms with Crippen LogP contribution < -0.4 is 4.74 Å². The van der Waals surface area contributed by atoms with Gasteiger partial charge in [0.1, 0.15) is 23.1 Å². The van der Waals surface area contributed by atoms with Gasteiger partial charge in [0.05, 0.1) is 25.2 Å². The minimum atomic E-state index is -3.18. The van der Waals surface area contributed by atoms with Gasteiger partial charge in [0.25, 0.3) is 0 Å². The molecule has 33 heavy (non-hydrogen) atoms. The van der Waals surface area contributed by atoms with E-state index in [4.69, 9.17) is 9.15 Å². The predicted molar refractivity (Wildman–Crippen MR) is 124 cm³/mol. The van der Waals surface area contributed by atoms with Crippen molar-refractivity contribution < 1.29 is 26.8 Å². The number of rotatable bonds is 7. The fourth-order valence-electron chi connectivity index (χ4n) is 3.79. The van der Waals surface area contributed by atoms with Gasteiger partial charge in [0.2, 0.25) is 5.91 Å². The Bertz CT molecular complexity index is 1250. The highest BCUT2D eigenvalue weighted by Crippen LogP contribution is 2.26. The van der Waals surface area contributed by atoms with Crippen LogP contribution in [0.2, 0.25) is 0 Å². The Hall–Kier alpha value is -3.39. The summed E-state index contributed by atoms with van der Waals surface area (Å²) in [4.78, 5) is 14.6. The molecular formula is C25H24FNO5S. The molecule has 1 atom stereocenters. The van der Waals surface area contributed by atoms with Crippen LogP contribution in [-0.4, -0.2) is 43.9 Å². The third-order valence-electron chi connectivity index (χ3n) is 5.58. The van der Waals surface area contributed by atoms with Gasteiger partial charge in [-0.2, -0.15) is 0 Å². The van der Waals surface area contributed by atoms with Crippen LogP contribution in [0.4, 0.5) is 4.39 Å². The maximum atomic E-state index is 13.2. The second-order valence-electron chi connectivity index (χ2n) is 7.90. The molecule has 1 aliphatic rings. The number of furan rings is 1. The number of nitrogens with zero attached hydrogens (tertiary/aromatic N) is 1. The van der Waals surface area contributed by atoms with Crippen molar-refractivity contribution in [2.75, 3.05) is 18.6 Å². The zero-order valence-electron chi connectivity index (χ0n) is 18.1. The van der Waals surface area contributed by atoms with Gasteiger partial charge in [-0.1, -0.05) is 12.1 Å². The average molecular weight is 470 g/mol. The number of hydrogen-bond acceptors (Lipinski definition) is 5. The molecule has 6 nitrogen and oxygen atoms in total. The van der Waals surface area contributed by atoms with Crippen LogP contribution in [0.5, 0.6) is 5.75 Å². The van der Waals surface area contributed by atoms with Crippen LogP contribution in [0.15, 0.2) is 71.2 Å². The molecule has 0 N–H and O–H groups in total. The second kappa shape index (κ2) is 9.62. The van der Waals surface area contributed by atoms with Gasteiger partial charge >= 0.3 is 0 Å². The molecule has 1 fully saturated rings. The van der Waals surface area contributed by atoms with E-state index in [1.807, 2.05) is 12.1 Å². The van der Waals surface area contributed by atoms with Crippen molar-refractivity contribution in [3.05, 3.63) is 83.9 Å². The van der Waals surface area contributed by atoms with Crippen LogP contribution in [0.3, 0.4) is 0 Å². The van der Waals surface area contributed by atoms with Gasteiger partial charge in [0.15, 0.2) is 9.84 Å². The van der Waals surface area contributed by atoms with Crippen LogP contribution in [0.25, 0.3) is 17.4 Å². The van der Waals surface area contributed by atoms with Gasteiger partial charge in [-0.05, 0) is 66.6 Å². The molecule has 3 aromatic rings. The molecule has 1 saturated heterocycles. The molecule has 8 heteroatoms. The number of methoxy groups -OCH3 is 1. The normalized spacial score (nSPS) is 17.3. The lowest BCUT2D eigenvalue weighted by molar-refractivity contribution is -0.128. The lowest BCUT2D eigenvalue weighted by atomic mass is 10.1. The van der Waals surface area contributed by atoms with Crippen molar-refractivity contribution in [1.82, 2.24) is 4.90 Å². The Morgan fingerprint density at radius 2 is 1.85 bits per heavy atom. The van der Waals surface area contributed by atoms with E-state index >= 15 is 0 Å². The number of halogens is 1. The van der Waals surface area contributed by atoms with Crippen LogP contribution >= 0.6 is 0 Å². The van der Waals surface area contributed by atoms with E-state index in [0.717, 1.165) is 5.56 Å². The first-order valence-corrected chi connectivity index (χ1v) is 12.3. The first-order chi connectivity index (χ1) is 15.8. The van der Waals surface area contributed by atoms with E-state index < -0.39 is 15.9 Å². The summed E-state index contributed by atoms with van der Waals surface area (Å²) < 4.78 is 48.3. The fraction of sp³-hybridized carbons (Fsp3) is 0.240. The Labute approximate surface area is 192 Å². The van der Waals surface area contributed by atoms with Crippen LogP contribution in [-0.2, 0) is 21.2 Å². The standard InChI is InChI=1S/C25H24FNO5S/c1-31-22-9-2-18(3-10-22)4-13-25(28)27(21-14-15-33(29,30)17-21)16-23-11-12-24(32-23)19-5-7-20(26)8-6-19/h2-13,21H,14-17H2,1H3. The quantitative estimate of drug-likeness (QED) is 0.482. The minimum absolute atomic E-state index is 0.0582. The number of carbonyl (C=O) groups is 1. The number of sulfone groups is 1.